The molecule has 1 aromatic heterocycles. The summed E-state index contributed by atoms with van der Waals surface area (Å²) in [5.41, 5.74) is -0.0272. The predicted octanol–water partition coefficient (Wildman–Crippen LogP) is 6.65. The van der Waals surface area contributed by atoms with E-state index in [4.69, 9.17) is 11.2 Å². The zero-order valence-electron chi connectivity index (χ0n) is 35.2. The number of carboxylic acid groups (broad SMARTS) is 1. The molecular formula is C44H65N5O7S. The molecule has 0 unspecified atom stereocenters. The fraction of sp³-hybridized carbons (Fsp3) is 0.636. The molecule has 12 nitrogen and oxygen atoms in total. The number of carboxylic acids is 1. The van der Waals surface area contributed by atoms with Gasteiger partial charge in [-0.1, -0.05) is 70.9 Å². The average Bonchev–Trinajstić information content (AvgIpc) is 3.66. The van der Waals surface area contributed by atoms with Crippen molar-refractivity contribution >= 4 is 41.0 Å². The van der Waals surface area contributed by atoms with Crippen LogP contribution >= 0.6 is 11.3 Å². The molecule has 0 bridgehead atoms. The van der Waals surface area contributed by atoms with Gasteiger partial charge in [0.15, 0.2) is 6.10 Å². The van der Waals surface area contributed by atoms with Gasteiger partial charge in [0.1, 0.15) is 16.7 Å². The van der Waals surface area contributed by atoms with Gasteiger partial charge >= 0.3 is 11.9 Å². The number of aliphatic carboxylic acids is 1. The number of amides is 3. The Morgan fingerprint density at radius 2 is 1.81 bits per heavy atom. The molecule has 6 atom stereocenters. The standard InChI is InChI=1S/C44H65N5O7S/c1-10-12-13-18-24-49(42(53)38(30(5)11-2)47-40(52)35-22-17-19-23-48(35)9)36(29(3)4)26-37(56-31(6)50)41-46-34(28-57-41)39(51)45-33(27-44(7,8)43(54)55)25-32-20-15-14-16-21-32/h1,14-16,20-21,28-30,33,35-38H,11-13,17-19,22-27H2,2-9H3,(H,45,51)(H,47,52)(H,54,55)/t30-,33-,35+,36+,37+,38-/m0/s1. The van der Waals surface area contributed by atoms with Crippen LogP contribution in [-0.2, 0) is 30.3 Å². The van der Waals surface area contributed by atoms with Gasteiger partial charge in [-0.05, 0) is 83.4 Å². The van der Waals surface area contributed by atoms with Crippen LogP contribution in [0, 0.1) is 29.6 Å². The Balaban J connectivity index is 1.94. The number of ether oxygens (including phenoxy) is 1. The fourth-order valence-electron chi connectivity index (χ4n) is 7.42. The number of nitrogens with zero attached hydrogens (tertiary/aromatic N) is 3. The second-order valence-corrected chi connectivity index (χ2v) is 17.4. The van der Waals surface area contributed by atoms with Crippen LogP contribution in [0.4, 0.5) is 0 Å². The Hall–Kier alpha value is -4.28. The molecular weight excluding hydrogens is 743 g/mol. The number of esters is 1. The van der Waals surface area contributed by atoms with Gasteiger partial charge in [-0.3, -0.25) is 28.9 Å². The van der Waals surface area contributed by atoms with E-state index in [0.717, 1.165) is 31.4 Å². The quantitative estimate of drug-likeness (QED) is 0.0673. The third-order valence-corrected chi connectivity index (χ3v) is 12.0. The lowest BCUT2D eigenvalue weighted by molar-refractivity contribution is -0.150. The van der Waals surface area contributed by atoms with Gasteiger partial charge in [-0.2, -0.15) is 0 Å². The highest BCUT2D eigenvalue weighted by Gasteiger charge is 2.39. The topological polar surface area (TPSA) is 158 Å². The summed E-state index contributed by atoms with van der Waals surface area (Å²) in [6.45, 7) is 13.8. The maximum Gasteiger partial charge on any atom is 0.309 e. The maximum atomic E-state index is 14.8. The van der Waals surface area contributed by atoms with E-state index in [-0.39, 0.29) is 48.2 Å². The van der Waals surface area contributed by atoms with Crippen molar-refractivity contribution in [3.8, 4) is 12.3 Å². The van der Waals surface area contributed by atoms with Crippen LogP contribution in [0.25, 0.3) is 0 Å². The molecule has 0 radical (unpaired) electrons. The lowest BCUT2D eigenvalue weighted by Gasteiger charge is -2.40. The van der Waals surface area contributed by atoms with Crippen LogP contribution in [0.5, 0.6) is 0 Å². The number of hydrogen-bond acceptors (Lipinski definition) is 9. The number of thiazole rings is 1. The van der Waals surface area contributed by atoms with E-state index in [9.17, 15) is 29.1 Å². The van der Waals surface area contributed by atoms with Crippen LogP contribution < -0.4 is 10.6 Å². The molecule has 1 aliphatic heterocycles. The van der Waals surface area contributed by atoms with Gasteiger partial charge in [0, 0.05) is 43.8 Å². The Labute approximate surface area is 343 Å². The minimum absolute atomic E-state index is 0.0866. The second-order valence-electron chi connectivity index (χ2n) is 16.5. The molecule has 2 heterocycles. The lowest BCUT2D eigenvalue weighted by Crippen LogP contribution is -2.59. The summed E-state index contributed by atoms with van der Waals surface area (Å²) in [5.74, 6) is 0.144. The van der Waals surface area contributed by atoms with Crippen LogP contribution in [0.3, 0.4) is 0 Å². The molecule has 3 N–H and O–H groups in total. The number of aromatic nitrogens is 1. The second kappa shape index (κ2) is 22.6. The first-order chi connectivity index (χ1) is 27.0. The molecule has 1 saturated heterocycles. The first-order valence-corrected chi connectivity index (χ1v) is 21.3. The minimum atomic E-state index is -1.10. The van der Waals surface area contributed by atoms with Crippen molar-refractivity contribution < 1.29 is 33.8 Å². The molecule has 1 aromatic carbocycles. The van der Waals surface area contributed by atoms with Crippen LogP contribution in [0.2, 0.25) is 0 Å². The molecule has 1 fully saturated rings. The van der Waals surface area contributed by atoms with E-state index < -0.39 is 47.5 Å². The number of piperidine rings is 1. The van der Waals surface area contributed by atoms with Crippen LogP contribution in [0.15, 0.2) is 35.7 Å². The molecule has 314 valence electrons. The monoisotopic (exact) mass is 807 g/mol. The first-order valence-electron chi connectivity index (χ1n) is 20.4. The lowest BCUT2D eigenvalue weighted by atomic mass is 9.84. The third kappa shape index (κ3) is 14.3. The summed E-state index contributed by atoms with van der Waals surface area (Å²) in [4.78, 5) is 75.4. The van der Waals surface area contributed by atoms with Gasteiger partial charge in [-0.15, -0.1) is 23.7 Å². The summed E-state index contributed by atoms with van der Waals surface area (Å²) in [7, 11) is 1.95. The zero-order chi connectivity index (χ0) is 42.3. The molecule has 3 rings (SSSR count). The summed E-state index contributed by atoms with van der Waals surface area (Å²) in [6, 6.07) is 7.55. The number of terminal acetylenes is 1. The number of likely N-dealkylation sites (N-methyl/N-ethyl adjacent to an activating group) is 1. The fourth-order valence-corrected chi connectivity index (χ4v) is 8.26. The van der Waals surface area contributed by atoms with E-state index in [1.807, 2.05) is 70.0 Å². The number of unbranched alkanes of at least 4 members (excludes halogenated alkanes) is 2. The van der Waals surface area contributed by atoms with Crippen molar-refractivity contribution in [2.75, 3.05) is 20.1 Å². The summed E-state index contributed by atoms with van der Waals surface area (Å²) >= 11 is 1.18. The van der Waals surface area contributed by atoms with Crippen LogP contribution in [0.1, 0.15) is 133 Å². The van der Waals surface area contributed by atoms with Gasteiger partial charge in [0.25, 0.3) is 5.91 Å². The van der Waals surface area contributed by atoms with Crippen molar-refractivity contribution in [3.63, 3.8) is 0 Å². The van der Waals surface area contributed by atoms with Crippen molar-refractivity contribution in [1.29, 1.82) is 0 Å². The number of benzene rings is 1. The summed E-state index contributed by atoms with van der Waals surface area (Å²) in [6.07, 6.45) is 10.8. The highest BCUT2D eigenvalue weighted by molar-refractivity contribution is 7.09. The Morgan fingerprint density at radius 3 is 2.40 bits per heavy atom. The predicted molar refractivity (Wildman–Crippen MR) is 223 cm³/mol. The van der Waals surface area contributed by atoms with Crippen LogP contribution in [-0.4, -0.2) is 93.9 Å². The molecule has 13 heteroatoms. The van der Waals surface area contributed by atoms with Gasteiger partial charge < -0.3 is 25.4 Å². The van der Waals surface area contributed by atoms with E-state index in [1.54, 1.807) is 19.2 Å². The minimum Gasteiger partial charge on any atom is -0.481 e. The molecule has 1 aliphatic rings. The maximum absolute atomic E-state index is 14.8. The summed E-state index contributed by atoms with van der Waals surface area (Å²) < 4.78 is 5.89. The van der Waals surface area contributed by atoms with Crippen molar-refractivity contribution in [3.05, 3.63) is 52.0 Å². The molecule has 0 saturated carbocycles. The number of nitrogens with one attached hydrogen (secondary N) is 2. The number of hydrogen-bond donors (Lipinski definition) is 3. The van der Waals surface area contributed by atoms with Gasteiger partial charge in [-0.25, -0.2) is 4.98 Å². The van der Waals surface area contributed by atoms with Gasteiger partial charge in [0.2, 0.25) is 11.8 Å². The number of carbonyl (C=O) groups excluding carboxylic acids is 4. The van der Waals surface area contributed by atoms with Gasteiger partial charge in [0.05, 0.1) is 11.5 Å². The van der Waals surface area contributed by atoms with E-state index in [0.29, 0.717) is 43.7 Å². The normalized spacial score (nSPS) is 17.4. The number of rotatable bonds is 22. The Morgan fingerprint density at radius 1 is 1.11 bits per heavy atom. The average molecular weight is 808 g/mol. The largest absolute Gasteiger partial charge is 0.481 e. The smallest absolute Gasteiger partial charge is 0.309 e. The van der Waals surface area contributed by atoms with Crippen molar-refractivity contribution in [2.45, 2.75) is 143 Å². The highest BCUT2D eigenvalue weighted by atomic mass is 32.1. The van der Waals surface area contributed by atoms with Crippen molar-refractivity contribution in [1.82, 2.24) is 25.4 Å². The number of carbonyl (C=O) groups is 5. The van der Waals surface area contributed by atoms with Crippen molar-refractivity contribution in [2.24, 2.45) is 17.3 Å². The number of likely N-dealkylation sites (tertiary alicyclic amines) is 1. The summed E-state index contributed by atoms with van der Waals surface area (Å²) in [5, 5.41) is 18.0. The third-order valence-electron chi connectivity index (χ3n) is 11.1. The van der Waals surface area contributed by atoms with E-state index >= 15 is 0 Å². The van der Waals surface area contributed by atoms with E-state index in [2.05, 4.69) is 26.4 Å². The molecule has 57 heavy (non-hydrogen) atoms. The highest BCUT2D eigenvalue weighted by Crippen LogP contribution is 2.32. The SMILES string of the molecule is C#CCCCCN(C(=O)[C@@H](NC(=O)[C@H]1CCCCN1C)[C@@H](C)CC)[C@H](C[C@@H](OC(C)=O)c1nc(C(=O)N[C@@H](Cc2ccccc2)CC(C)(C)C(=O)O)cs1)C(C)C. The molecule has 0 spiro atoms. The zero-order valence-corrected chi connectivity index (χ0v) is 36.0. The Kier molecular flexibility index (Phi) is 18.7. The first kappa shape index (κ1) is 47.1. The van der Waals surface area contributed by atoms with E-state index in [1.165, 1.54) is 18.3 Å². The Bertz CT molecular complexity index is 1670. The molecule has 0 aliphatic carbocycles. The molecule has 2 aromatic rings. The molecule has 3 amide bonds.